The molecule has 0 unspecified atom stereocenters. The summed E-state index contributed by atoms with van der Waals surface area (Å²) in [5.41, 5.74) is 4.96. The average molecular weight is 640 g/mol. The van der Waals surface area contributed by atoms with Gasteiger partial charge < -0.3 is 25.8 Å². The molecule has 244 valence electrons. The normalized spacial score (nSPS) is 14.2. The molecule has 46 heavy (non-hydrogen) atoms. The third-order valence-corrected chi connectivity index (χ3v) is 7.99. The van der Waals surface area contributed by atoms with Gasteiger partial charge in [0.1, 0.15) is 12.6 Å². The van der Waals surface area contributed by atoms with Crippen LogP contribution in [0.5, 0.6) is 0 Å². The van der Waals surface area contributed by atoms with Crippen molar-refractivity contribution in [2.24, 2.45) is 5.92 Å². The van der Waals surface area contributed by atoms with Gasteiger partial charge in [-0.25, -0.2) is 14.4 Å². The summed E-state index contributed by atoms with van der Waals surface area (Å²) in [6.45, 7) is 5.09. The van der Waals surface area contributed by atoms with Crippen molar-refractivity contribution in [3.05, 3.63) is 82.4 Å². The van der Waals surface area contributed by atoms with Crippen LogP contribution in [0.15, 0.2) is 54.6 Å². The Bertz CT molecular complexity index is 1590. The molecule has 1 fully saturated rings. The number of aryl methyl sites for hydroxylation is 3. The molecule has 9 nitrogen and oxygen atoms in total. The third kappa shape index (κ3) is 8.64. The van der Waals surface area contributed by atoms with E-state index in [0.29, 0.717) is 35.2 Å². The molecule has 0 aromatic heterocycles. The molecule has 3 aromatic carbocycles. The lowest BCUT2D eigenvalue weighted by Crippen LogP contribution is -2.46. The molecule has 0 saturated heterocycles. The number of hydrogen-bond donors (Lipinski definition) is 4. The summed E-state index contributed by atoms with van der Waals surface area (Å²) in [5.74, 6) is -4.29. The Kier molecular flexibility index (Phi) is 10.7. The van der Waals surface area contributed by atoms with E-state index < -0.39 is 42.7 Å². The van der Waals surface area contributed by atoms with Crippen molar-refractivity contribution in [2.75, 3.05) is 10.6 Å². The van der Waals surface area contributed by atoms with Crippen LogP contribution in [-0.4, -0.2) is 41.2 Å². The number of ether oxygens (including phenoxy) is 1. The van der Waals surface area contributed by atoms with Crippen molar-refractivity contribution in [1.82, 2.24) is 5.32 Å². The molecule has 0 aliphatic heterocycles. The molecule has 1 saturated carbocycles. The number of urea groups is 1. The highest BCUT2D eigenvalue weighted by atomic mass is 19.4. The Morgan fingerprint density at radius 1 is 0.870 bits per heavy atom. The number of carbonyl (C=O) groups excluding carboxylic acids is 3. The van der Waals surface area contributed by atoms with Gasteiger partial charge in [-0.05, 0) is 79.5 Å². The average Bonchev–Trinajstić information content (AvgIpc) is 3.00. The highest BCUT2D eigenvalue weighted by molar-refractivity contribution is 6.08. The topological polar surface area (TPSA) is 134 Å². The highest BCUT2D eigenvalue weighted by Crippen LogP contribution is 2.30. The number of halogens is 3. The molecule has 3 aromatic rings. The second-order valence-electron chi connectivity index (χ2n) is 11.6. The van der Waals surface area contributed by atoms with Gasteiger partial charge in [0.05, 0.1) is 11.3 Å². The van der Waals surface area contributed by atoms with Crippen LogP contribution in [0.4, 0.5) is 29.3 Å². The van der Waals surface area contributed by atoms with E-state index in [1.165, 1.54) is 18.2 Å². The first-order valence-corrected chi connectivity index (χ1v) is 14.9. The van der Waals surface area contributed by atoms with E-state index in [-0.39, 0.29) is 17.2 Å². The minimum atomic E-state index is -5.10. The number of carboxylic acid groups (broad SMARTS) is 1. The number of carbonyl (C=O) groups is 4. The smallest absolute Gasteiger partial charge is 0.480 e. The van der Waals surface area contributed by atoms with E-state index in [0.717, 1.165) is 36.0 Å². The molecule has 1 atom stereocenters. The van der Waals surface area contributed by atoms with Crippen molar-refractivity contribution in [3.63, 3.8) is 0 Å². The first-order chi connectivity index (χ1) is 21.7. The molecule has 3 amide bonds. The van der Waals surface area contributed by atoms with Crippen LogP contribution in [0.2, 0.25) is 0 Å². The number of alkyl halides is 3. The maximum absolute atomic E-state index is 13.5. The zero-order valence-electron chi connectivity index (χ0n) is 25.7. The fourth-order valence-electron chi connectivity index (χ4n) is 5.76. The lowest BCUT2D eigenvalue weighted by Gasteiger charge is -2.28. The maximum atomic E-state index is 13.5. The lowest BCUT2D eigenvalue weighted by molar-refractivity contribution is -0.201. The molecular weight excluding hydrogens is 603 g/mol. The Morgan fingerprint density at radius 2 is 1.48 bits per heavy atom. The zero-order chi connectivity index (χ0) is 33.6. The van der Waals surface area contributed by atoms with Gasteiger partial charge in [0, 0.05) is 5.69 Å². The summed E-state index contributed by atoms with van der Waals surface area (Å²) in [6, 6.07) is 12.9. The molecule has 0 bridgehead atoms. The minimum absolute atomic E-state index is 0.0500. The Hall–Kier alpha value is -4.87. The van der Waals surface area contributed by atoms with Gasteiger partial charge in [-0.15, -0.1) is 0 Å². The monoisotopic (exact) mass is 639 g/mol. The van der Waals surface area contributed by atoms with Gasteiger partial charge in [0.25, 0.3) is 5.91 Å². The van der Waals surface area contributed by atoms with Gasteiger partial charge in [0.15, 0.2) is 0 Å². The van der Waals surface area contributed by atoms with Crippen molar-refractivity contribution < 1.29 is 42.2 Å². The number of aliphatic carboxylic acids is 1. The van der Waals surface area contributed by atoms with Crippen LogP contribution < -0.4 is 16.0 Å². The largest absolute Gasteiger partial charge is 0.490 e. The Balaban J connectivity index is 1.61. The predicted molar refractivity (Wildman–Crippen MR) is 166 cm³/mol. The van der Waals surface area contributed by atoms with Crippen molar-refractivity contribution in [3.8, 4) is 11.1 Å². The highest BCUT2D eigenvalue weighted by Gasteiger charge is 2.40. The van der Waals surface area contributed by atoms with Crippen LogP contribution in [0.1, 0.15) is 64.7 Å². The van der Waals surface area contributed by atoms with Crippen molar-refractivity contribution >= 4 is 35.3 Å². The van der Waals surface area contributed by atoms with Gasteiger partial charge in [-0.1, -0.05) is 67.3 Å². The molecule has 1 aliphatic rings. The fourth-order valence-corrected chi connectivity index (χ4v) is 5.76. The molecule has 0 spiro atoms. The third-order valence-electron chi connectivity index (χ3n) is 7.99. The quantitative estimate of drug-likeness (QED) is 0.182. The van der Waals surface area contributed by atoms with Crippen LogP contribution in [0.3, 0.4) is 0 Å². The van der Waals surface area contributed by atoms with E-state index in [4.69, 9.17) is 0 Å². The number of benzene rings is 3. The van der Waals surface area contributed by atoms with Gasteiger partial charge in [0.2, 0.25) is 0 Å². The number of carboxylic acids is 1. The number of esters is 1. The van der Waals surface area contributed by atoms with Gasteiger partial charge >= 0.3 is 24.1 Å². The van der Waals surface area contributed by atoms with Crippen LogP contribution in [0, 0.1) is 26.7 Å². The number of rotatable bonds is 9. The molecule has 0 radical (unpaired) electrons. The second kappa shape index (κ2) is 14.5. The van der Waals surface area contributed by atoms with Crippen molar-refractivity contribution in [1.29, 1.82) is 0 Å². The lowest BCUT2D eigenvalue weighted by atomic mass is 9.83. The molecule has 12 heteroatoms. The number of hydrogen-bond acceptors (Lipinski definition) is 5. The van der Waals surface area contributed by atoms with E-state index in [1.54, 1.807) is 24.3 Å². The maximum Gasteiger partial charge on any atom is 0.490 e. The summed E-state index contributed by atoms with van der Waals surface area (Å²) >= 11 is 0. The molecule has 0 heterocycles. The van der Waals surface area contributed by atoms with Gasteiger partial charge in [-0.3, -0.25) is 4.79 Å². The zero-order valence-corrected chi connectivity index (χ0v) is 25.7. The first kappa shape index (κ1) is 34.0. The van der Waals surface area contributed by atoms with E-state index in [9.17, 15) is 37.5 Å². The fraction of sp³-hybridized carbons (Fsp3) is 0.353. The Labute approximate surface area is 264 Å². The van der Waals surface area contributed by atoms with Gasteiger partial charge in [-0.2, -0.15) is 13.2 Å². The van der Waals surface area contributed by atoms with Crippen molar-refractivity contribution in [2.45, 2.75) is 71.7 Å². The standard InChI is InChI=1S/C34H36F3N3O6/c1-19-15-20(2)28(21(3)16-19)40-33(45)38-27-17-25(23-11-9-22(10-12-23)18-46-32(44)34(35,36)37)13-14-26(27)30(41)39-29(31(42)43)24-7-5-4-6-8-24/h9-17,24,29H,4-8,18H2,1-3H3,(H,39,41)(H,42,43)(H2,38,40,45)/t29-/m0/s1. The summed E-state index contributed by atoms with van der Waals surface area (Å²) < 4.78 is 41.7. The van der Waals surface area contributed by atoms with E-state index in [1.807, 2.05) is 32.9 Å². The van der Waals surface area contributed by atoms with E-state index >= 15 is 0 Å². The van der Waals surface area contributed by atoms with E-state index in [2.05, 4.69) is 20.7 Å². The molecular formula is C34H36F3N3O6. The molecule has 1 aliphatic carbocycles. The summed E-state index contributed by atoms with van der Waals surface area (Å²) in [6.07, 6.45) is -0.947. The predicted octanol–water partition coefficient (Wildman–Crippen LogP) is 7.29. The molecule has 4 rings (SSSR count). The van der Waals surface area contributed by atoms with Crippen LogP contribution >= 0.6 is 0 Å². The number of nitrogens with one attached hydrogen (secondary N) is 3. The number of anilines is 2. The summed E-state index contributed by atoms with van der Waals surface area (Å²) in [7, 11) is 0. The SMILES string of the molecule is Cc1cc(C)c(NC(=O)Nc2cc(-c3ccc(COC(=O)C(F)(F)F)cc3)ccc2C(=O)N[C@H](C(=O)O)C2CCCCC2)c(C)c1. The van der Waals surface area contributed by atoms with Crippen LogP contribution in [0.25, 0.3) is 11.1 Å². The first-order valence-electron chi connectivity index (χ1n) is 14.9. The Morgan fingerprint density at radius 3 is 2.07 bits per heavy atom. The summed E-state index contributed by atoms with van der Waals surface area (Å²) in [4.78, 5) is 50.0. The molecule has 4 N–H and O–H groups in total. The van der Waals surface area contributed by atoms with Crippen LogP contribution in [-0.2, 0) is 20.9 Å². The summed E-state index contributed by atoms with van der Waals surface area (Å²) in [5, 5.41) is 18.1. The second-order valence-corrected chi connectivity index (χ2v) is 11.6. The minimum Gasteiger partial charge on any atom is -0.480 e. The number of amides is 3.